The van der Waals surface area contributed by atoms with Gasteiger partial charge in [-0.25, -0.2) is 0 Å². The van der Waals surface area contributed by atoms with Crippen molar-refractivity contribution >= 4 is 5.96 Å². The maximum atomic E-state index is 5.94. The molecular weight excluding hydrogens is 238 g/mol. The minimum Gasteiger partial charge on any atom is -0.376 e. The van der Waals surface area contributed by atoms with Crippen molar-refractivity contribution in [3.8, 4) is 0 Å². The van der Waals surface area contributed by atoms with Gasteiger partial charge in [-0.05, 0) is 33.6 Å². The third kappa shape index (κ3) is 8.09. The van der Waals surface area contributed by atoms with Crippen LogP contribution >= 0.6 is 0 Å². The Hall–Kier alpha value is -0.770. The molecule has 0 atom stereocenters. The van der Waals surface area contributed by atoms with Crippen molar-refractivity contribution in [3.05, 3.63) is 0 Å². The van der Waals surface area contributed by atoms with Gasteiger partial charge in [0.15, 0.2) is 5.96 Å². The van der Waals surface area contributed by atoms with Crippen molar-refractivity contribution in [2.24, 2.45) is 4.99 Å². The molecule has 1 aliphatic rings. The average Bonchev–Trinajstić information content (AvgIpc) is 2.60. The summed E-state index contributed by atoms with van der Waals surface area (Å²) in [7, 11) is 1.80. The Labute approximate surface area is 118 Å². The fourth-order valence-corrected chi connectivity index (χ4v) is 2.34. The minimum atomic E-state index is 0.0317. The summed E-state index contributed by atoms with van der Waals surface area (Å²) in [6.45, 7) is 7.95. The molecule has 0 aromatic rings. The van der Waals surface area contributed by atoms with Gasteiger partial charge < -0.3 is 15.4 Å². The summed E-state index contributed by atoms with van der Waals surface area (Å²) in [5.74, 6) is 0.844. The lowest BCUT2D eigenvalue weighted by Gasteiger charge is -2.24. The summed E-state index contributed by atoms with van der Waals surface area (Å²) >= 11 is 0. The molecule has 0 amide bonds. The standard InChI is InChI=1S/C15H31N3O/c1-15(2,3)18-14(16-4)17-11-12-19-13-9-7-5-6-8-10-13/h13H,5-12H2,1-4H3,(H2,16,17,18). The van der Waals surface area contributed by atoms with Crippen LogP contribution in [0.3, 0.4) is 0 Å². The smallest absolute Gasteiger partial charge is 0.191 e. The number of hydrogen-bond acceptors (Lipinski definition) is 2. The van der Waals surface area contributed by atoms with Gasteiger partial charge in [-0.15, -0.1) is 0 Å². The number of rotatable bonds is 4. The molecule has 0 aromatic heterocycles. The van der Waals surface area contributed by atoms with Crippen LogP contribution in [-0.2, 0) is 4.74 Å². The van der Waals surface area contributed by atoms with Crippen LogP contribution in [0, 0.1) is 0 Å². The fraction of sp³-hybridized carbons (Fsp3) is 0.933. The maximum absolute atomic E-state index is 5.94. The molecule has 0 radical (unpaired) electrons. The van der Waals surface area contributed by atoms with Crippen LogP contribution in [0.2, 0.25) is 0 Å². The molecule has 1 fully saturated rings. The second-order valence-electron chi connectivity index (χ2n) is 6.36. The van der Waals surface area contributed by atoms with E-state index in [1.807, 2.05) is 0 Å². The number of nitrogens with one attached hydrogen (secondary N) is 2. The molecule has 0 saturated heterocycles. The average molecular weight is 269 g/mol. The summed E-state index contributed by atoms with van der Waals surface area (Å²) in [5.41, 5.74) is 0.0317. The van der Waals surface area contributed by atoms with E-state index in [0.717, 1.165) is 19.1 Å². The molecule has 0 heterocycles. The van der Waals surface area contributed by atoms with E-state index >= 15 is 0 Å². The van der Waals surface area contributed by atoms with Crippen LogP contribution in [0.5, 0.6) is 0 Å². The van der Waals surface area contributed by atoms with Crippen LogP contribution < -0.4 is 10.6 Å². The second kappa shape index (κ2) is 8.41. The molecule has 0 spiro atoms. The Kier molecular flexibility index (Phi) is 7.21. The molecule has 0 aliphatic heterocycles. The Balaban J connectivity index is 2.15. The zero-order valence-corrected chi connectivity index (χ0v) is 13.1. The molecule has 4 nitrogen and oxygen atoms in total. The van der Waals surface area contributed by atoms with Crippen molar-refractivity contribution in [3.63, 3.8) is 0 Å². The molecule has 0 aromatic carbocycles. The molecule has 0 bridgehead atoms. The predicted octanol–water partition coefficient (Wildman–Crippen LogP) is 2.69. The summed E-state index contributed by atoms with van der Waals surface area (Å²) in [6.07, 6.45) is 8.34. The van der Waals surface area contributed by atoms with Gasteiger partial charge in [0, 0.05) is 19.1 Å². The highest BCUT2D eigenvalue weighted by Gasteiger charge is 2.13. The van der Waals surface area contributed by atoms with Crippen LogP contribution in [0.1, 0.15) is 59.3 Å². The first-order chi connectivity index (χ1) is 9.01. The molecule has 1 saturated carbocycles. The van der Waals surface area contributed by atoms with Crippen LogP contribution in [0.25, 0.3) is 0 Å². The fourth-order valence-electron chi connectivity index (χ4n) is 2.34. The molecule has 112 valence electrons. The first kappa shape index (κ1) is 16.3. The van der Waals surface area contributed by atoms with Gasteiger partial charge in [0.25, 0.3) is 0 Å². The number of ether oxygens (including phenoxy) is 1. The van der Waals surface area contributed by atoms with Gasteiger partial charge in [0.05, 0.1) is 12.7 Å². The largest absolute Gasteiger partial charge is 0.376 e. The van der Waals surface area contributed by atoms with Gasteiger partial charge in [0.2, 0.25) is 0 Å². The molecule has 0 unspecified atom stereocenters. The Morgan fingerprint density at radius 1 is 1.16 bits per heavy atom. The summed E-state index contributed by atoms with van der Waals surface area (Å²) in [6, 6.07) is 0. The predicted molar refractivity (Wildman–Crippen MR) is 81.7 cm³/mol. The van der Waals surface area contributed by atoms with Crippen LogP contribution in [0.15, 0.2) is 4.99 Å². The van der Waals surface area contributed by atoms with E-state index in [4.69, 9.17) is 4.74 Å². The molecule has 1 aliphatic carbocycles. The van der Waals surface area contributed by atoms with Gasteiger partial charge in [-0.3, -0.25) is 4.99 Å². The molecule has 2 N–H and O–H groups in total. The number of guanidine groups is 1. The monoisotopic (exact) mass is 269 g/mol. The van der Waals surface area contributed by atoms with Gasteiger partial charge in [-0.2, -0.15) is 0 Å². The summed E-state index contributed by atoms with van der Waals surface area (Å²) in [4.78, 5) is 4.21. The maximum Gasteiger partial charge on any atom is 0.191 e. The number of aliphatic imine (C=N–C) groups is 1. The molecule has 19 heavy (non-hydrogen) atoms. The lowest BCUT2D eigenvalue weighted by molar-refractivity contribution is 0.0467. The van der Waals surface area contributed by atoms with Gasteiger partial charge >= 0.3 is 0 Å². The van der Waals surface area contributed by atoms with Crippen LogP contribution in [0.4, 0.5) is 0 Å². The van der Waals surface area contributed by atoms with Crippen molar-refractivity contribution in [1.29, 1.82) is 0 Å². The lowest BCUT2D eigenvalue weighted by Crippen LogP contribution is -2.48. The highest BCUT2D eigenvalue weighted by molar-refractivity contribution is 5.80. The van der Waals surface area contributed by atoms with E-state index in [0.29, 0.717) is 6.10 Å². The normalized spacial score (nSPS) is 19.1. The second-order valence-corrected chi connectivity index (χ2v) is 6.36. The highest BCUT2D eigenvalue weighted by Crippen LogP contribution is 2.19. The molecule has 4 heteroatoms. The van der Waals surface area contributed by atoms with E-state index in [-0.39, 0.29) is 5.54 Å². The van der Waals surface area contributed by atoms with Crippen LogP contribution in [-0.4, -0.2) is 37.8 Å². The Morgan fingerprint density at radius 2 is 1.79 bits per heavy atom. The van der Waals surface area contributed by atoms with E-state index in [1.165, 1.54) is 38.5 Å². The van der Waals surface area contributed by atoms with Crippen molar-refractivity contribution in [1.82, 2.24) is 10.6 Å². The molecule has 1 rings (SSSR count). The van der Waals surface area contributed by atoms with Crippen molar-refractivity contribution < 1.29 is 4.74 Å². The highest BCUT2D eigenvalue weighted by atomic mass is 16.5. The van der Waals surface area contributed by atoms with Gasteiger partial charge in [0.1, 0.15) is 0 Å². The SMILES string of the molecule is CN=C(NCCOC1CCCCCC1)NC(C)(C)C. The van der Waals surface area contributed by atoms with E-state index < -0.39 is 0 Å². The van der Waals surface area contributed by atoms with E-state index in [2.05, 4.69) is 36.4 Å². The van der Waals surface area contributed by atoms with Crippen molar-refractivity contribution in [2.45, 2.75) is 70.9 Å². The summed E-state index contributed by atoms with van der Waals surface area (Å²) < 4.78 is 5.94. The Morgan fingerprint density at radius 3 is 2.32 bits per heavy atom. The van der Waals surface area contributed by atoms with Crippen molar-refractivity contribution in [2.75, 3.05) is 20.2 Å². The number of nitrogens with zero attached hydrogens (tertiary/aromatic N) is 1. The van der Waals surface area contributed by atoms with Gasteiger partial charge in [-0.1, -0.05) is 25.7 Å². The third-order valence-corrected chi connectivity index (χ3v) is 3.27. The lowest BCUT2D eigenvalue weighted by atomic mass is 10.1. The Bertz CT molecular complexity index is 263. The summed E-state index contributed by atoms with van der Waals surface area (Å²) in [5, 5.41) is 6.63. The minimum absolute atomic E-state index is 0.0317. The first-order valence-corrected chi connectivity index (χ1v) is 7.62. The third-order valence-electron chi connectivity index (χ3n) is 3.27. The first-order valence-electron chi connectivity index (χ1n) is 7.62. The number of hydrogen-bond donors (Lipinski definition) is 2. The van der Waals surface area contributed by atoms with E-state index in [9.17, 15) is 0 Å². The van der Waals surface area contributed by atoms with E-state index in [1.54, 1.807) is 7.05 Å². The zero-order valence-electron chi connectivity index (χ0n) is 13.1. The topological polar surface area (TPSA) is 45.7 Å². The molecular formula is C15H31N3O. The quantitative estimate of drug-likeness (QED) is 0.357. The zero-order chi connectivity index (χ0) is 14.1.